The summed E-state index contributed by atoms with van der Waals surface area (Å²) in [4.78, 5) is 28.6. The number of aliphatic hydroxyl groups excluding tert-OH is 1. The fraction of sp³-hybridized carbons (Fsp3) is 0.478. The monoisotopic (exact) mass is 429 g/mol. The highest BCUT2D eigenvalue weighted by atomic mass is 19.1. The molecule has 0 bridgehead atoms. The van der Waals surface area contributed by atoms with Gasteiger partial charge < -0.3 is 25.0 Å². The number of carbonyl (C=O) groups excluding carboxylic acids is 2. The van der Waals surface area contributed by atoms with Gasteiger partial charge in [-0.15, -0.1) is 0 Å². The van der Waals surface area contributed by atoms with Gasteiger partial charge in [0.25, 0.3) is 0 Å². The summed E-state index contributed by atoms with van der Waals surface area (Å²) in [6.45, 7) is 1.14. The van der Waals surface area contributed by atoms with Crippen molar-refractivity contribution in [2.24, 2.45) is 5.92 Å². The molecule has 2 aliphatic rings. The predicted molar refractivity (Wildman–Crippen MR) is 114 cm³/mol. The number of amides is 3. The number of halogens is 1. The molecule has 7 nitrogen and oxygen atoms in total. The average Bonchev–Trinajstić information content (AvgIpc) is 3.62. The summed E-state index contributed by atoms with van der Waals surface area (Å²) in [6, 6.07) is 10.1. The summed E-state index contributed by atoms with van der Waals surface area (Å²) in [6.07, 6.45) is 2.09. The summed E-state index contributed by atoms with van der Waals surface area (Å²) < 4.78 is 18.2. The van der Waals surface area contributed by atoms with Crippen LogP contribution in [0.5, 0.6) is 0 Å². The van der Waals surface area contributed by atoms with E-state index >= 15 is 0 Å². The van der Waals surface area contributed by atoms with Crippen LogP contribution in [0.2, 0.25) is 0 Å². The van der Waals surface area contributed by atoms with Crippen LogP contribution >= 0.6 is 0 Å². The number of benzene rings is 2. The molecule has 0 aromatic heterocycles. The maximum Gasteiger partial charge on any atom is 0.409 e. The van der Waals surface area contributed by atoms with Crippen molar-refractivity contribution in [1.29, 1.82) is 0 Å². The second-order valence-electron chi connectivity index (χ2n) is 8.44. The van der Waals surface area contributed by atoms with Crippen LogP contribution in [0, 0.1) is 11.7 Å². The van der Waals surface area contributed by atoms with Crippen molar-refractivity contribution < 1.29 is 23.8 Å². The van der Waals surface area contributed by atoms with Crippen LogP contribution < -0.4 is 5.32 Å². The molecule has 2 aromatic carbocycles. The summed E-state index contributed by atoms with van der Waals surface area (Å²) in [7, 11) is 1.34. The number of likely N-dealkylation sites (tertiary alicyclic amines) is 1. The highest BCUT2D eigenvalue weighted by molar-refractivity contribution is 5.83. The van der Waals surface area contributed by atoms with Crippen molar-refractivity contribution in [3.8, 4) is 0 Å². The molecular formula is C23H28FN3O4. The van der Waals surface area contributed by atoms with Gasteiger partial charge in [-0.05, 0) is 53.8 Å². The molecule has 2 N–H and O–H groups in total. The number of piperidine rings is 1. The van der Waals surface area contributed by atoms with Gasteiger partial charge in [0.2, 0.25) is 0 Å². The van der Waals surface area contributed by atoms with Crippen molar-refractivity contribution in [2.45, 2.75) is 37.9 Å². The number of urea groups is 1. The fourth-order valence-electron chi connectivity index (χ4n) is 4.41. The van der Waals surface area contributed by atoms with Crippen LogP contribution in [-0.2, 0) is 11.3 Å². The molecule has 4 rings (SSSR count). The molecule has 8 heteroatoms. The number of nitrogens with zero attached hydrogens (tertiary/aromatic N) is 2. The second-order valence-corrected chi connectivity index (χ2v) is 8.44. The van der Waals surface area contributed by atoms with E-state index in [0.29, 0.717) is 26.1 Å². The van der Waals surface area contributed by atoms with E-state index < -0.39 is 6.09 Å². The minimum atomic E-state index is -0.438. The SMILES string of the molecule is COC(=O)N1C[C@@H](CO)C[C@@H](N(C(=O)NCc2ccc3cc(F)ccc3c2)C2CC2)C1. The van der Waals surface area contributed by atoms with E-state index in [-0.39, 0.29) is 36.5 Å². The van der Waals surface area contributed by atoms with Gasteiger partial charge in [0.15, 0.2) is 0 Å². The Balaban J connectivity index is 1.45. The Kier molecular flexibility index (Phi) is 6.27. The molecule has 3 amide bonds. The van der Waals surface area contributed by atoms with Gasteiger partial charge in [-0.3, -0.25) is 0 Å². The van der Waals surface area contributed by atoms with Crippen LogP contribution in [0.25, 0.3) is 10.8 Å². The Morgan fingerprint density at radius 1 is 1.16 bits per heavy atom. The number of carbonyl (C=O) groups is 2. The Morgan fingerprint density at radius 2 is 1.90 bits per heavy atom. The predicted octanol–water partition coefficient (Wildman–Crippen LogP) is 3.10. The number of hydrogen-bond acceptors (Lipinski definition) is 4. The van der Waals surface area contributed by atoms with Crippen molar-refractivity contribution in [1.82, 2.24) is 15.1 Å². The average molecular weight is 429 g/mol. The lowest BCUT2D eigenvalue weighted by molar-refractivity contribution is 0.0465. The fourth-order valence-corrected chi connectivity index (χ4v) is 4.41. The molecule has 1 aliphatic carbocycles. The molecular weight excluding hydrogens is 401 g/mol. The zero-order valence-electron chi connectivity index (χ0n) is 17.6. The lowest BCUT2D eigenvalue weighted by Crippen LogP contribution is -2.57. The minimum Gasteiger partial charge on any atom is -0.453 e. The molecule has 0 unspecified atom stereocenters. The van der Waals surface area contributed by atoms with Gasteiger partial charge in [-0.2, -0.15) is 0 Å². The highest BCUT2D eigenvalue weighted by Crippen LogP contribution is 2.33. The number of hydrogen-bond donors (Lipinski definition) is 2. The van der Waals surface area contributed by atoms with E-state index in [0.717, 1.165) is 29.2 Å². The largest absolute Gasteiger partial charge is 0.453 e. The molecule has 2 aromatic rings. The Morgan fingerprint density at radius 3 is 2.61 bits per heavy atom. The van der Waals surface area contributed by atoms with E-state index in [1.165, 1.54) is 19.2 Å². The van der Waals surface area contributed by atoms with Crippen LogP contribution in [0.4, 0.5) is 14.0 Å². The first kappa shape index (κ1) is 21.4. The lowest BCUT2D eigenvalue weighted by atomic mass is 9.94. The minimum absolute atomic E-state index is 0.0399. The zero-order chi connectivity index (χ0) is 22.0. The first-order valence-electron chi connectivity index (χ1n) is 10.7. The topological polar surface area (TPSA) is 82.1 Å². The van der Waals surface area contributed by atoms with Crippen molar-refractivity contribution in [3.63, 3.8) is 0 Å². The molecule has 0 spiro atoms. The summed E-state index contributed by atoms with van der Waals surface area (Å²) in [5.74, 6) is -0.365. The lowest BCUT2D eigenvalue weighted by Gasteiger charge is -2.41. The number of methoxy groups -OCH3 is 1. The van der Waals surface area contributed by atoms with Crippen molar-refractivity contribution >= 4 is 22.9 Å². The van der Waals surface area contributed by atoms with E-state index in [9.17, 15) is 19.1 Å². The first-order valence-corrected chi connectivity index (χ1v) is 10.7. The van der Waals surface area contributed by atoms with E-state index in [4.69, 9.17) is 4.74 Å². The number of fused-ring (bicyclic) bond motifs is 1. The van der Waals surface area contributed by atoms with Crippen molar-refractivity contribution in [2.75, 3.05) is 26.8 Å². The highest BCUT2D eigenvalue weighted by Gasteiger charge is 2.42. The van der Waals surface area contributed by atoms with Gasteiger partial charge in [-0.1, -0.05) is 18.2 Å². The third-order valence-electron chi connectivity index (χ3n) is 6.08. The number of rotatable bonds is 5. The number of aliphatic hydroxyl groups is 1. The molecule has 2 fully saturated rings. The van der Waals surface area contributed by atoms with E-state index in [1.54, 1.807) is 11.0 Å². The van der Waals surface area contributed by atoms with Crippen LogP contribution in [0.1, 0.15) is 24.8 Å². The van der Waals surface area contributed by atoms with Gasteiger partial charge >= 0.3 is 12.1 Å². The smallest absolute Gasteiger partial charge is 0.409 e. The molecule has 1 saturated heterocycles. The first-order chi connectivity index (χ1) is 15.0. The van der Waals surface area contributed by atoms with Crippen molar-refractivity contribution in [3.05, 3.63) is 47.8 Å². The third kappa shape index (κ3) is 4.90. The molecule has 31 heavy (non-hydrogen) atoms. The molecule has 1 aliphatic heterocycles. The summed E-state index contributed by atoms with van der Waals surface area (Å²) >= 11 is 0. The molecule has 1 heterocycles. The maximum atomic E-state index is 13.4. The quantitative estimate of drug-likeness (QED) is 0.765. The zero-order valence-corrected chi connectivity index (χ0v) is 17.6. The molecule has 0 radical (unpaired) electrons. The van der Waals surface area contributed by atoms with Gasteiger partial charge in [-0.25, -0.2) is 14.0 Å². The number of nitrogens with one attached hydrogen (secondary N) is 1. The Labute approximate surface area is 180 Å². The molecule has 1 saturated carbocycles. The summed E-state index contributed by atoms with van der Waals surface area (Å²) in [5.41, 5.74) is 0.927. The standard InChI is InChI=1S/C23H28FN3O4/c1-31-23(30)26-12-16(14-28)9-21(13-26)27(20-6-7-20)22(29)25-11-15-2-3-18-10-19(24)5-4-17(18)8-15/h2-5,8,10,16,20-21,28H,6-7,9,11-14H2,1H3,(H,25,29)/t16-,21+/m0/s1. The molecule has 166 valence electrons. The summed E-state index contributed by atoms with van der Waals surface area (Å²) in [5, 5.41) is 14.4. The van der Waals surface area contributed by atoms with Gasteiger partial charge in [0, 0.05) is 38.2 Å². The van der Waals surface area contributed by atoms with Gasteiger partial charge in [0.1, 0.15) is 5.82 Å². The number of ether oxygens (including phenoxy) is 1. The normalized spacial score (nSPS) is 21.1. The van der Waals surface area contributed by atoms with Crippen LogP contribution in [0.15, 0.2) is 36.4 Å². The van der Waals surface area contributed by atoms with Crippen LogP contribution in [0.3, 0.4) is 0 Å². The maximum absolute atomic E-state index is 13.4. The van der Waals surface area contributed by atoms with E-state index in [1.807, 2.05) is 23.1 Å². The van der Waals surface area contributed by atoms with E-state index in [2.05, 4.69) is 5.32 Å². The third-order valence-corrected chi connectivity index (χ3v) is 6.08. The second kappa shape index (κ2) is 9.09. The van der Waals surface area contributed by atoms with Crippen LogP contribution in [-0.4, -0.2) is 65.9 Å². The Hall–Kier alpha value is -2.87. The Bertz CT molecular complexity index is 965. The molecule has 2 atom stereocenters. The van der Waals surface area contributed by atoms with Gasteiger partial charge in [0.05, 0.1) is 13.2 Å².